The van der Waals surface area contributed by atoms with Gasteiger partial charge >= 0.3 is 0 Å². The first-order valence-electron chi connectivity index (χ1n) is 8.65. The summed E-state index contributed by atoms with van der Waals surface area (Å²) in [6, 6.07) is 0.402. The van der Waals surface area contributed by atoms with Crippen molar-refractivity contribution >= 4 is 5.91 Å². The van der Waals surface area contributed by atoms with Gasteiger partial charge in [0.25, 0.3) is 0 Å². The number of aryl methyl sites for hydroxylation is 1. The molecule has 0 aromatic carbocycles. The van der Waals surface area contributed by atoms with Crippen molar-refractivity contribution in [3.05, 3.63) is 11.7 Å². The van der Waals surface area contributed by atoms with Crippen molar-refractivity contribution in [3.63, 3.8) is 0 Å². The maximum atomic E-state index is 12.5. The minimum Gasteiger partial charge on any atom is -0.340 e. The zero-order chi connectivity index (χ0) is 16.2. The van der Waals surface area contributed by atoms with Crippen LogP contribution < -0.4 is 0 Å². The molecule has 0 bridgehead atoms. The number of nitrogens with zero attached hydrogens (tertiary/aromatic N) is 5. The Kier molecular flexibility index (Phi) is 5.27. The molecule has 1 unspecified atom stereocenters. The summed E-state index contributed by atoms with van der Waals surface area (Å²) < 4.78 is 5.01. The molecule has 0 spiro atoms. The van der Waals surface area contributed by atoms with Crippen molar-refractivity contribution in [2.45, 2.75) is 45.7 Å². The lowest BCUT2D eigenvalue weighted by Gasteiger charge is -2.37. The SMILES string of the molecule is Cc1nc(CN2CCN(CC(=O)N3CCCCC3C)CC2)no1. The van der Waals surface area contributed by atoms with E-state index in [1.54, 1.807) is 0 Å². The fraction of sp³-hybridized carbons (Fsp3) is 0.812. The maximum Gasteiger partial charge on any atom is 0.236 e. The van der Waals surface area contributed by atoms with Crippen LogP contribution in [-0.2, 0) is 11.3 Å². The number of amides is 1. The van der Waals surface area contributed by atoms with Gasteiger partial charge in [-0.2, -0.15) is 4.98 Å². The molecule has 0 saturated carbocycles. The van der Waals surface area contributed by atoms with Crippen LogP contribution in [0.4, 0.5) is 0 Å². The number of aromatic nitrogens is 2. The third-order valence-electron chi connectivity index (χ3n) is 4.88. The average Bonchev–Trinajstić information content (AvgIpc) is 2.95. The van der Waals surface area contributed by atoms with Gasteiger partial charge in [0.15, 0.2) is 5.82 Å². The highest BCUT2D eigenvalue weighted by molar-refractivity contribution is 5.78. The Morgan fingerprint density at radius 2 is 1.91 bits per heavy atom. The van der Waals surface area contributed by atoms with Gasteiger partial charge in [-0.05, 0) is 26.2 Å². The molecule has 1 aromatic heterocycles. The van der Waals surface area contributed by atoms with Crippen molar-refractivity contribution in [1.82, 2.24) is 24.8 Å². The summed E-state index contributed by atoms with van der Waals surface area (Å²) in [4.78, 5) is 23.4. The van der Waals surface area contributed by atoms with E-state index in [9.17, 15) is 4.79 Å². The largest absolute Gasteiger partial charge is 0.340 e. The quantitative estimate of drug-likeness (QED) is 0.821. The molecule has 7 heteroatoms. The van der Waals surface area contributed by atoms with Gasteiger partial charge in [0.1, 0.15) is 0 Å². The van der Waals surface area contributed by atoms with Crippen molar-refractivity contribution < 1.29 is 9.32 Å². The molecule has 1 atom stereocenters. The molecule has 3 heterocycles. The lowest BCUT2D eigenvalue weighted by atomic mass is 10.0. The molecule has 2 aliphatic rings. The summed E-state index contributed by atoms with van der Waals surface area (Å²) in [6.45, 7) is 9.91. The first-order chi connectivity index (χ1) is 11.1. The standard InChI is InChI=1S/C16H27N5O2/c1-13-5-3-4-6-21(13)16(22)12-20-9-7-19(8-10-20)11-15-17-14(2)23-18-15/h13H,3-12H2,1-2H3. The van der Waals surface area contributed by atoms with Crippen LogP contribution in [0.5, 0.6) is 0 Å². The Bertz CT molecular complexity index is 524. The van der Waals surface area contributed by atoms with E-state index < -0.39 is 0 Å². The Labute approximate surface area is 137 Å². The number of carbonyl (C=O) groups is 1. The molecule has 3 rings (SSSR count). The smallest absolute Gasteiger partial charge is 0.236 e. The van der Waals surface area contributed by atoms with Crippen molar-refractivity contribution in [2.24, 2.45) is 0 Å². The van der Waals surface area contributed by atoms with Crippen molar-refractivity contribution in [3.8, 4) is 0 Å². The zero-order valence-corrected chi connectivity index (χ0v) is 14.2. The number of hydrogen-bond donors (Lipinski definition) is 0. The maximum absolute atomic E-state index is 12.5. The molecule has 1 amide bonds. The van der Waals surface area contributed by atoms with Crippen molar-refractivity contribution in [2.75, 3.05) is 39.3 Å². The number of hydrogen-bond acceptors (Lipinski definition) is 6. The van der Waals surface area contributed by atoms with Gasteiger partial charge in [-0.15, -0.1) is 0 Å². The summed E-state index contributed by atoms with van der Waals surface area (Å²) >= 11 is 0. The Balaban J connectivity index is 1.42. The highest BCUT2D eigenvalue weighted by Crippen LogP contribution is 2.17. The summed E-state index contributed by atoms with van der Waals surface area (Å²) in [5.41, 5.74) is 0. The van der Waals surface area contributed by atoms with Gasteiger partial charge < -0.3 is 9.42 Å². The molecule has 2 saturated heterocycles. The molecule has 0 N–H and O–H groups in total. The van der Waals surface area contributed by atoms with E-state index >= 15 is 0 Å². The highest BCUT2D eigenvalue weighted by Gasteiger charge is 2.26. The summed E-state index contributed by atoms with van der Waals surface area (Å²) in [7, 11) is 0. The minimum absolute atomic E-state index is 0.291. The number of likely N-dealkylation sites (tertiary alicyclic amines) is 1. The first kappa shape index (κ1) is 16.4. The average molecular weight is 321 g/mol. The Hall–Kier alpha value is -1.47. The number of rotatable bonds is 4. The predicted molar refractivity (Wildman–Crippen MR) is 85.8 cm³/mol. The van der Waals surface area contributed by atoms with E-state index in [0.717, 1.165) is 57.9 Å². The fourth-order valence-electron chi connectivity index (χ4n) is 3.46. The number of piperazine rings is 1. The molecule has 1 aromatic rings. The van der Waals surface area contributed by atoms with Gasteiger partial charge in [-0.25, -0.2) is 0 Å². The van der Waals surface area contributed by atoms with E-state index in [1.807, 2.05) is 6.92 Å². The molecule has 0 radical (unpaired) electrons. The van der Waals surface area contributed by atoms with E-state index in [0.29, 0.717) is 24.4 Å². The monoisotopic (exact) mass is 321 g/mol. The second kappa shape index (κ2) is 7.40. The third-order valence-corrected chi connectivity index (χ3v) is 4.88. The molecule has 2 aliphatic heterocycles. The lowest BCUT2D eigenvalue weighted by molar-refractivity contribution is -0.136. The van der Waals surface area contributed by atoms with Gasteiger partial charge in [0.2, 0.25) is 11.8 Å². The van der Waals surface area contributed by atoms with Crippen LogP contribution in [0, 0.1) is 6.92 Å². The summed E-state index contributed by atoms with van der Waals surface area (Å²) in [6.07, 6.45) is 3.54. The van der Waals surface area contributed by atoms with Crippen LogP contribution in [0.2, 0.25) is 0 Å². The van der Waals surface area contributed by atoms with E-state index in [-0.39, 0.29) is 0 Å². The Morgan fingerprint density at radius 3 is 2.57 bits per heavy atom. The van der Waals surface area contributed by atoms with Crippen molar-refractivity contribution in [1.29, 1.82) is 0 Å². The summed E-state index contributed by atoms with van der Waals surface area (Å²) in [5.74, 6) is 1.65. The number of piperidine rings is 1. The predicted octanol–water partition coefficient (Wildman–Crippen LogP) is 0.897. The van der Waals surface area contributed by atoms with E-state index in [1.165, 1.54) is 6.42 Å². The Morgan fingerprint density at radius 1 is 1.17 bits per heavy atom. The molecule has 128 valence electrons. The minimum atomic E-state index is 0.291. The van der Waals surface area contributed by atoms with Gasteiger partial charge in [0.05, 0.1) is 13.1 Å². The van der Waals surface area contributed by atoms with Crippen LogP contribution in [0.25, 0.3) is 0 Å². The van der Waals surface area contributed by atoms with E-state index in [4.69, 9.17) is 4.52 Å². The fourth-order valence-corrected chi connectivity index (χ4v) is 3.46. The first-order valence-corrected chi connectivity index (χ1v) is 8.65. The second-order valence-corrected chi connectivity index (χ2v) is 6.71. The molecule has 0 aliphatic carbocycles. The lowest BCUT2D eigenvalue weighted by Crippen LogP contribution is -2.51. The van der Waals surface area contributed by atoms with Gasteiger partial charge in [-0.3, -0.25) is 14.6 Å². The molecular formula is C16H27N5O2. The third kappa shape index (κ3) is 4.29. The topological polar surface area (TPSA) is 65.7 Å². The van der Waals surface area contributed by atoms with Crippen LogP contribution in [0.1, 0.15) is 37.9 Å². The molecule has 2 fully saturated rings. The molecule has 7 nitrogen and oxygen atoms in total. The second-order valence-electron chi connectivity index (χ2n) is 6.71. The number of carbonyl (C=O) groups excluding carboxylic acids is 1. The normalized spacial score (nSPS) is 24.1. The zero-order valence-electron chi connectivity index (χ0n) is 14.2. The van der Waals surface area contributed by atoms with Crippen LogP contribution in [0.15, 0.2) is 4.52 Å². The van der Waals surface area contributed by atoms with E-state index in [2.05, 4.69) is 31.8 Å². The van der Waals surface area contributed by atoms with Gasteiger partial charge in [0, 0.05) is 45.7 Å². The summed E-state index contributed by atoms with van der Waals surface area (Å²) in [5, 5.41) is 3.94. The molecular weight excluding hydrogens is 294 g/mol. The van der Waals surface area contributed by atoms with Crippen LogP contribution in [-0.4, -0.2) is 76.1 Å². The molecule has 23 heavy (non-hydrogen) atoms. The van der Waals surface area contributed by atoms with Gasteiger partial charge in [-0.1, -0.05) is 5.16 Å². The van der Waals surface area contributed by atoms with Crippen LogP contribution in [0.3, 0.4) is 0 Å². The van der Waals surface area contributed by atoms with Crippen LogP contribution >= 0.6 is 0 Å². The highest BCUT2D eigenvalue weighted by atomic mass is 16.5.